The number of nitrogens with zero attached hydrogens (tertiary/aromatic N) is 3. The van der Waals surface area contributed by atoms with Gasteiger partial charge in [-0.05, 0) is 34.5 Å². The van der Waals surface area contributed by atoms with Crippen LogP contribution in [0.15, 0.2) is 18.3 Å². The summed E-state index contributed by atoms with van der Waals surface area (Å²) in [6.07, 6.45) is 1.74. The summed E-state index contributed by atoms with van der Waals surface area (Å²) >= 11 is 0. The molecule has 2 aromatic heterocycles. The van der Waals surface area contributed by atoms with Gasteiger partial charge in [0, 0.05) is 6.20 Å². The van der Waals surface area contributed by atoms with E-state index in [-0.39, 0.29) is 12.4 Å². The van der Waals surface area contributed by atoms with Gasteiger partial charge in [0.15, 0.2) is 0 Å². The molecule has 0 radical (unpaired) electrons. The molecule has 6 heteroatoms. The van der Waals surface area contributed by atoms with Crippen molar-refractivity contribution in [1.82, 2.24) is 9.38 Å². The minimum Gasteiger partial charge on any atom is -0.358 e. The monoisotopic (exact) mass is 206 g/mol. The van der Waals surface area contributed by atoms with Gasteiger partial charge in [0.05, 0.1) is 6.54 Å². The molecule has 2 N–H and O–H groups in total. The van der Waals surface area contributed by atoms with E-state index < -0.39 is 4.92 Å². The van der Waals surface area contributed by atoms with Crippen molar-refractivity contribution in [1.29, 1.82) is 0 Å². The van der Waals surface area contributed by atoms with Crippen molar-refractivity contribution in [3.8, 4) is 0 Å². The summed E-state index contributed by atoms with van der Waals surface area (Å²) in [7, 11) is 0. The second-order valence-corrected chi connectivity index (χ2v) is 3.27. The zero-order chi connectivity index (χ0) is 11.0. The first-order valence-electron chi connectivity index (χ1n) is 4.45. The van der Waals surface area contributed by atoms with Gasteiger partial charge in [-0.3, -0.25) is 4.40 Å². The Hall–Kier alpha value is -1.95. The van der Waals surface area contributed by atoms with Gasteiger partial charge in [0.2, 0.25) is 5.82 Å². The largest absolute Gasteiger partial charge is 0.389 e. The highest BCUT2D eigenvalue weighted by atomic mass is 16.6. The molecule has 0 unspecified atom stereocenters. The van der Waals surface area contributed by atoms with Gasteiger partial charge < -0.3 is 15.8 Å². The SMILES string of the molecule is Cc1ccn2c(CN)nc([N+](=O)[O-])c2c1. The van der Waals surface area contributed by atoms with Crippen LogP contribution in [0.25, 0.3) is 5.52 Å². The van der Waals surface area contributed by atoms with E-state index in [9.17, 15) is 10.1 Å². The Labute approximate surface area is 85.5 Å². The summed E-state index contributed by atoms with van der Waals surface area (Å²) < 4.78 is 1.64. The summed E-state index contributed by atoms with van der Waals surface area (Å²) in [5.41, 5.74) is 6.90. The average molecular weight is 206 g/mol. The van der Waals surface area contributed by atoms with Crippen molar-refractivity contribution in [2.24, 2.45) is 5.73 Å². The summed E-state index contributed by atoms with van der Waals surface area (Å²) in [4.78, 5) is 14.1. The number of hydrogen-bond donors (Lipinski definition) is 1. The molecule has 0 atom stereocenters. The fourth-order valence-electron chi connectivity index (χ4n) is 1.51. The van der Waals surface area contributed by atoms with Crippen molar-refractivity contribution in [2.75, 3.05) is 0 Å². The molecule has 0 aliphatic heterocycles. The van der Waals surface area contributed by atoms with E-state index >= 15 is 0 Å². The van der Waals surface area contributed by atoms with Gasteiger partial charge in [-0.1, -0.05) is 0 Å². The van der Waals surface area contributed by atoms with Crippen LogP contribution < -0.4 is 5.73 Å². The lowest BCUT2D eigenvalue weighted by Crippen LogP contribution is -2.02. The van der Waals surface area contributed by atoms with Crippen LogP contribution in [0, 0.1) is 17.0 Å². The Morgan fingerprint density at radius 2 is 2.40 bits per heavy atom. The predicted octanol–water partition coefficient (Wildman–Crippen LogP) is 1.01. The Bertz CT molecular complexity index is 532. The second-order valence-electron chi connectivity index (χ2n) is 3.27. The minimum absolute atomic E-state index is 0.140. The van der Waals surface area contributed by atoms with Crippen molar-refractivity contribution in [3.05, 3.63) is 39.8 Å². The highest BCUT2D eigenvalue weighted by molar-refractivity contribution is 5.63. The molecule has 0 fully saturated rings. The molecule has 0 amide bonds. The van der Waals surface area contributed by atoms with E-state index in [4.69, 9.17) is 5.73 Å². The third-order valence-electron chi connectivity index (χ3n) is 2.21. The maximum absolute atomic E-state index is 10.7. The van der Waals surface area contributed by atoms with Crippen LogP contribution in [0.1, 0.15) is 11.4 Å². The molecule has 2 heterocycles. The van der Waals surface area contributed by atoms with Gasteiger partial charge >= 0.3 is 5.82 Å². The van der Waals surface area contributed by atoms with Crippen molar-refractivity contribution in [3.63, 3.8) is 0 Å². The van der Waals surface area contributed by atoms with E-state index in [1.165, 1.54) is 0 Å². The molecular formula is C9H10N4O2. The van der Waals surface area contributed by atoms with Gasteiger partial charge in [-0.2, -0.15) is 0 Å². The summed E-state index contributed by atoms with van der Waals surface area (Å²) in [5, 5.41) is 10.7. The molecule has 0 aromatic carbocycles. The number of aryl methyl sites for hydroxylation is 1. The van der Waals surface area contributed by atoms with E-state index in [1.54, 1.807) is 16.7 Å². The number of nitrogens with two attached hydrogens (primary N) is 1. The molecule has 0 spiro atoms. The fraction of sp³-hybridized carbons (Fsp3) is 0.222. The van der Waals surface area contributed by atoms with Gasteiger partial charge in [0.25, 0.3) is 0 Å². The maximum atomic E-state index is 10.7. The standard InChI is InChI=1S/C9H10N4O2/c1-6-2-3-12-7(4-6)9(13(14)15)11-8(12)5-10/h2-4H,5,10H2,1H3. The van der Waals surface area contributed by atoms with Crippen molar-refractivity contribution < 1.29 is 4.92 Å². The molecule has 0 saturated heterocycles. The number of nitro groups is 1. The van der Waals surface area contributed by atoms with Crippen molar-refractivity contribution >= 4 is 11.3 Å². The highest BCUT2D eigenvalue weighted by Crippen LogP contribution is 2.21. The van der Waals surface area contributed by atoms with E-state index in [2.05, 4.69) is 4.98 Å². The molecule has 0 bridgehead atoms. The molecule has 6 nitrogen and oxygen atoms in total. The third-order valence-corrected chi connectivity index (χ3v) is 2.21. The quantitative estimate of drug-likeness (QED) is 0.586. The Morgan fingerprint density at radius 3 is 3.00 bits per heavy atom. The Balaban J connectivity index is 2.81. The normalized spacial score (nSPS) is 10.8. The minimum atomic E-state index is -0.492. The Morgan fingerprint density at radius 1 is 1.67 bits per heavy atom. The molecule has 15 heavy (non-hydrogen) atoms. The molecule has 0 aliphatic rings. The second kappa shape index (κ2) is 3.32. The van der Waals surface area contributed by atoms with Crippen LogP contribution >= 0.6 is 0 Å². The summed E-state index contributed by atoms with van der Waals surface area (Å²) in [6.45, 7) is 2.05. The van der Waals surface area contributed by atoms with Crippen LogP contribution in [-0.2, 0) is 6.54 Å². The number of hydrogen-bond acceptors (Lipinski definition) is 4. The lowest BCUT2D eigenvalue weighted by molar-refractivity contribution is -0.387. The predicted molar refractivity (Wildman–Crippen MR) is 54.5 cm³/mol. The summed E-state index contributed by atoms with van der Waals surface area (Å²) in [6, 6.07) is 3.59. The smallest absolute Gasteiger partial charge is 0.358 e. The topological polar surface area (TPSA) is 86.5 Å². The molecule has 78 valence electrons. The maximum Gasteiger partial charge on any atom is 0.389 e. The zero-order valence-electron chi connectivity index (χ0n) is 8.17. The number of imidazole rings is 1. The molecular weight excluding hydrogens is 196 g/mol. The van der Waals surface area contributed by atoms with E-state index in [1.807, 2.05) is 13.0 Å². The first kappa shape index (κ1) is 9.60. The van der Waals surface area contributed by atoms with Crippen LogP contribution in [0.3, 0.4) is 0 Å². The molecule has 0 saturated carbocycles. The number of pyridine rings is 1. The van der Waals surface area contributed by atoms with Gasteiger partial charge in [-0.15, -0.1) is 0 Å². The number of fused-ring (bicyclic) bond motifs is 1. The third kappa shape index (κ3) is 1.44. The molecule has 2 rings (SSSR count). The lowest BCUT2D eigenvalue weighted by Gasteiger charge is -1.96. The van der Waals surface area contributed by atoms with Crippen molar-refractivity contribution in [2.45, 2.75) is 13.5 Å². The highest BCUT2D eigenvalue weighted by Gasteiger charge is 2.20. The van der Waals surface area contributed by atoms with Crippen LogP contribution in [-0.4, -0.2) is 14.3 Å². The number of rotatable bonds is 2. The average Bonchev–Trinajstić information content (AvgIpc) is 2.55. The first-order valence-corrected chi connectivity index (χ1v) is 4.45. The fourth-order valence-corrected chi connectivity index (χ4v) is 1.51. The number of aromatic nitrogens is 2. The lowest BCUT2D eigenvalue weighted by atomic mass is 10.3. The molecule has 2 aromatic rings. The van der Waals surface area contributed by atoms with Crippen LogP contribution in [0.2, 0.25) is 0 Å². The zero-order valence-corrected chi connectivity index (χ0v) is 8.17. The van der Waals surface area contributed by atoms with Gasteiger partial charge in [-0.25, -0.2) is 0 Å². The van der Waals surface area contributed by atoms with Crippen LogP contribution in [0.5, 0.6) is 0 Å². The Kier molecular flexibility index (Phi) is 2.12. The van der Waals surface area contributed by atoms with E-state index in [0.717, 1.165) is 5.56 Å². The first-order chi connectivity index (χ1) is 7.13. The molecule has 0 aliphatic carbocycles. The summed E-state index contributed by atoms with van der Waals surface area (Å²) in [5.74, 6) is 0.357. The van der Waals surface area contributed by atoms with Gasteiger partial charge in [0.1, 0.15) is 5.52 Å². The van der Waals surface area contributed by atoms with E-state index in [0.29, 0.717) is 11.3 Å². The van der Waals surface area contributed by atoms with Crippen LogP contribution in [0.4, 0.5) is 5.82 Å².